The van der Waals surface area contributed by atoms with Gasteiger partial charge in [-0.1, -0.05) is 54.6 Å². The SMILES string of the molecule is C=CC[C@H](NC(=O)C1c2ccccc2-c2ccccc21)C(=O)OC. The Hall–Kier alpha value is -2.88. The van der Waals surface area contributed by atoms with Gasteiger partial charge in [0, 0.05) is 0 Å². The maximum absolute atomic E-state index is 12.9. The van der Waals surface area contributed by atoms with Gasteiger partial charge < -0.3 is 10.1 Å². The number of fused-ring (bicyclic) bond motifs is 3. The van der Waals surface area contributed by atoms with Crippen molar-refractivity contribution in [2.24, 2.45) is 0 Å². The number of rotatable bonds is 5. The fourth-order valence-electron chi connectivity index (χ4n) is 3.22. The third kappa shape index (κ3) is 2.71. The number of nitrogens with one attached hydrogen (secondary N) is 1. The second kappa shape index (κ2) is 6.71. The number of carbonyl (C=O) groups excluding carboxylic acids is 2. The summed E-state index contributed by atoms with van der Waals surface area (Å²) in [5.74, 6) is -1.10. The third-order valence-corrected chi connectivity index (χ3v) is 4.30. The van der Waals surface area contributed by atoms with E-state index in [0.29, 0.717) is 6.42 Å². The van der Waals surface area contributed by atoms with Crippen LogP contribution >= 0.6 is 0 Å². The van der Waals surface area contributed by atoms with E-state index >= 15 is 0 Å². The maximum Gasteiger partial charge on any atom is 0.328 e. The first kappa shape index (κ1) is 16.0. The zero-order chi connectivity index (χ0) is 17.1. The molecule has 2 aromatic carbocycles. The molecule has 0 spiro atoms. The van der Waals surface area contributed by atoms with Gasteiger partial charge in [0.25, 0.3) is 0 Å². The Kier molecular flexibility index (Phi) is 4.47. The molecule has 4 nitrogen and oxygen atoms in total. The number of methoxy groups -OCH3 is 1. The van der Waals surface area contributed by atoms with E-state index in [1.54, 1.807) is 6.08 Å². The topological polar surface area (TPSA) is 55.4 Å². The number of hydrogen-bond donors (Lipinski definition) is 1. The molecule has 0 bridgehead atoms. The summed E-state index contributed by atoms with van der Waals surface area (Å²) in [4.78, 5) is 24.8. The summed E-state index contributed by atoms with van der Waals surface area (Å²) in [5.41, 5.74) is 4.04. The van der Waals surface area contributed by atoms with Crippen LogP contribution in [0.15, 0.2) is 61.2 Å². The minimum atomic E-state index is -0.722. The zero-order valence-electron chi connectivity index (χ0n) is 13.5. The maximum atomic E-state index is 12.9. The Bertz CT molecular complexity index is 751. The molecule has 0 saturated heterocycles. The summed E-state index contributed by atoms with van der Waals surface area (Å²) in [6.45, 7) is 3.63. The Morgan fingerprint density at radius 1 is 1.12 bits per heavy atom. The van der Waals surface area contributed by atoms with E-state index in [4.69, 9.17) is 4.74 Å². The number of esters is 1. The molecule has 0 aliphatic heterocycles. The highest BCUT2D eigenvalue weighted by Gasteiger charge is 2.35. The molecular weight excluding hydrogens is 302 g/mol. The standard InChI is InChI=1S/C20H19NO3/c1-3-8-17(20(23)24-2)21-19(22)18-15-11-6-4-9-13(15)14-10-5-7-12-16(14)18/h3-7,9-12,17-18H,1,8H2,2H3,(H,21,22)/t17-/m0/s1. The molecule has 0 aromatic heterocycles. The highest BCUT2D eigenvalue weighted by atomic mass is 16.5. The lowest BCUT2D eigenvalue weighted by atomic mass is 9.95. The Morgan fingerprint density at radius 2 is 1.67 bits per heavy atom. The van der Waals surface area contributed by atoms with Crippen molar-refractivity contribution < 1.29 is 14.3 Å². The van der Waals surface area contributed by atoms with Gasteiger partial charge in [0.1, 0.15) is 6.04 Å². The lowest BCUT2D eigenvalue weighted by Crippen LogP contribution is -2.43. The van der Waals surface area contributed by atoms with Gasteiger partial charge in [0.2, 0.25) is 5.91 Å². The molecule has 0 saturated carbocycles. The Balaban J connectivity index is 1.95. The molecule has 1 aliphatic carbocycles. The minimum Gasteiger partial charge on any atom is -0.467 e. The first-order valence-corrected chi connectivity index (χ1v) is 7.84. The minimum absolute atomic E-state index is 0.204. The van der Waals surface area contributed by atoms with Gasteiger partial charge in [-0.25, -0.2) is 4.79 Å². The predicted molar refractivity (Wildman–Crippen MR) is 92.5 cm³/mol. The van der Waals surface area contributed by atoms with Gasteiger partial charge in [0.15, 0.2) is 0 Å². The van der Waals surface area contributed by atoms with Crippen LogP contribution in [0.25, 0.3) is 11.1 Å². The molecule has 122 valence electrons. The van der Waals surface area contributed by atoms with Gasteiger partial charge in [-0.2, -0.15) is 0 Å². The smallest absolute Gasteiger partial charge is 0.328 e. The Labute approximate surface area is 141 Å². The first-order chi connectivity index (χ1) is 11.7. The number of ether oxygens (including phenoxy) is 1. The first-order valence-electron chi connectivity index (χ1n) is 7.84. The van der Waals surface area contributed by atoms with Gasteiger partial charge in [-0.3, -0.25) is 4.79 Å². The average Bonchev–Trinajstić information content (AvgIpc) is 2.95. The van der Waals surface area contributed by atoms with Crippen LogP contribution in [-0.2, 0) is 14.3 Å². The number of carbonyl (C=O) groups is 2. The summed E-state index contributed by atoms with van der Waals surface area (Å²) in [5, 5.41) is 2.81. The largest absolute Gasteiger partial charge is 0.467 e. The summed E-state index contributed by atoms with van der Waals surface area (Å²) < 4.78 is 4.77. The highest BCUT2D eigenvalue weighted by Crippen LogP contribution is 2.44. The molecule has 1 atom stereocenters. The number of benzene rings is 2. The molecule has 24 heavy (non-hydrogen) atoms. The number of hydrogen-bond acceptors (Lipinski definition) is 3. The lowest BCUT2D eigenvalue weighted by Gasteiger charge is -2.19. The van der Waals surface area contributed by atoms with E-state index in [1.807, 2.05) is 48.5 Å². The highest BCUT2D eigenvalue weighted by molar-refractivity contribution is 5.97. The van der Waals surface area contributed by atoms with Crippen molar-refractivity contribution in [2.45, 2.75) is 18.4 Å². The van der Waals surface area contributed by atoms with Crippen LogP contribution in [0.3, 0.4) is 0 Å². The molecule has 0 unspecified atom stereocenters. The van der Waals surface area contributed by atoms with Crippen LogP contribution in [0, 0.1) is 0 Å². The molecule has 4 heteroatoms. The molecule has 0 fully saturated rings. The van der Waals surface area contributed by atoms with Gasteiger partial charge in [-0.05, 0) is 28.7 Å². The van der Waals surface area contributed by atoms with E-state index in [0.717, 1.165) is 22.3 Å². The lowest BCUT2D eigenvalue weighted by molar-refractivity contribution is -0.145. The fraction of sp³-hybridized carbons (Fsp3) is 0.200. The second-order valence-electron chi connectivity index (χ2n) is 5.72. The van der Waals surface area contributed by atoms with E-state index < -0.39 is 17.9 Å². The number of amides is 1. The van der Waals surface area contributed by atoms with E-state index in [2.05, 4.69) is 11.9 Å². The van der Waals surface area contributed by atoms with Crippen molar-refractivity contribution in [3.63, 3.8) is 0 Å². The van der Waals surface area contributed by atoms with Gasteiger partial charge in [-0.15, -0.1) is 6.58 Å². The molecule has 2 aromatic rings. The summed E-state index contributed by atoms with van der Waals surface area (Å²) in [6, 6.07) is 15.0. The molecular formula is C20H19NO3. The molecule has 0 heterocycles. The van der Waals surface area contributed by atoms with Crippen LogP contribution in [0.1, 0.15) is 23.5 Å². The zero-order valence-corrected chi connectivity index (χ0v) is 13.5. The Morgan fingerprint density at radius 3 is 2.17 bits per heavy atom. The average molecular weight is 321 g/mol. The van der Waals surface area contributed by atoms with Crippen LogP contribution in [0.5, 0.6) is 0 Å². The van der Waals surface area contributed by atoms with Crippen molar-refractivity contribution >= 4 is 11.9 Å². The normalized spacial score (nSPS) is 13.5. The van der Waals surface area contributed by atoms with Gasteiger partial charge >= 0.3 is 5.97 Å². The van der Waals surface area contributed by atoms with Crippen molar-refractivity contribution in [3.05, 3.63) is 72.3 Å². The molecule has 1 N–H and O–H groups in total. The van der Waals surface area contributed by atoms with Gasteiger partial charge in [0.05, 0.1) is 13.0 Å². The second-order valence-corrected chi connectivity index (χ2v) is 5.72. The van der Waals surface area contributed by atoms with Crippen molar-refractivity contribution in [1.82, 2.24) is 5.32 Å². The van der Waals surface area contributed by atoms with Crippen LogP contribution in [0.4, 0.5) is 0 Å². The molecule has 1 aliphatic rings. The van der Waals surface area contributed by atoms with Crippen molar-refractivity contribution in [3.8, 4) is 11.1 Å². The predicted octanol–water partition coefficient (Wildman–Crippen LogP) is 3.03. The summed E-state index contributed by atoms with van der Waals surface area (Å²) in [6.07, 6.45) is 1.92. The molecule has 3 rings (SSSR count). The monoisotopic (exact) mass is 321 g/mol. The fourth-order valence-corrected chi connectivity index (χ4v) is 3.22. The van der Waals surface area contributed by atoms with Crippen LogP contribution in [0.2, 0.25) is 0 Å². The molecule has 0 radical (unpaired) electrons. The van der Waals surface area contributed by atoms with E-state index in [9.17, 15) is 9.59 Å². The van der Waals surface area contributed by atoms with E-state index in [1.165, 1.54) is 7.11 Å². The third-order valence-electron chi connectivity index (χ3n) is 4.30. The molecule has 1 amide bonds. The van der Waals surface area contributed by atoms with Crippen LogP contribution in [-0.4, -0.2) is 25.0 Å². The quantitative estimate of drug-likeness (QED) is 0.680. The summed E-state index contributed by atoms with van der Waals surface area (Å²) >= 11 is 0. The van der Waals surface area contributed by atoms with Crippen molar-refractivity contribution in [1.29, 1.82) is 0 Å². The van der Waals surface area contributed by atoms with E-state index in [-0.39, 0.29) is 5.91 Å². The van der Waals surface area contributed by atoms with Crippen LogP contribution < -0.4 is 5.32 Å². The van der Waals surface area contributed by atoms with Crippen molar-refractivity contribution in [2.75, 3.05) is 7.11 Å². The summed E-state index contributed by atoms with van der Waals surface area (Å²) in [7, 11) is 1.31.